The normalized spacial score (nSPS) is 12.2. The first-order valence-electron chi connectivity index (χ1n) is 11.0. The topological polar surface area (TPSA) is 31.0 Å². The number of benzene rings is 4. The van der Waals surface area contributed by atoms with Crippen molar-refractivity contribution in [1.29, 1.82) is 0 Å². The van der Waals surface area contributed by atoms with Crippen LogP contribution >= 0.6 is 11.3 Å². The van der Waals surface area contributed by atoms with Crippen LogP contribution in [0, 0.1) is 0 Å². The minimum Gasteiger partial charge on any atom is -0.454 e. The highest BCUT2D eigenvalue weighted by molar-refractivity contribution is 7.27. The van der Waals surface area contributed by atoms with Crippen molar-refractivity contribution in [2.75, 3.05) is 0 Å². The lowest BCUT2D eigenvalue weighted by molar-refractivity contribution is 0.673. The summed E-state index contributed by atoms with van der Waals surface area (Å²) in [5, 5.41) is 7.33. The van der Waals surface area contributed by atoms with Crippen LogP contribution in [0.2, 0.25) is 0 Å². The lowest BCUT2D eigenvalue weighted by Crippen LogP contribution is -1.96. The Morgan fingerprint density at radius 1 is 0.667 bits per heavy atom. The standard InChI is InChI=1S/C29H16N2OS/c1-4-12-20-17(9-1)24-25-19-11-3-6-14-22(19)33-29(25)28-26(18-10-2-5-13-21(18)32-28)27(24)31(20)23-15-7-8-16-30-23/h1-16H. The van der Waals surface area contributed by atoms with Gasteiger partial charge in [-0.15, -0.1) is 11.3 Å². The smallest absolute Gasteiger partial charge is 0.155 e. The van der Waals surface area contributed by atoms with Crippen molar-refractivity contribution < 1.29 is 4.42 Å². The Morgan fingerprint density at radius 3 is 2.30 bits per heavy atom. The first-order valence-corrected chi connectivity index (χ1v) is 11.8. The van der Waals surface area contributed by atoms with E-state index >= 15 is 0 Å². The zero-order valence-electron chi connectivity index (χ0n) is 17.4. The minimum absolute atomic E-state index is 0.911. The van der Waals surface area contributed by atoms with Crippen molar-refractivity contribution in [3.63, 3.8) is 0 Å². The van der Waals surface area contributed by atoms with Crippen LogP contribution in [0.5, 0.6) is 0 Å². The van der Waals surface area contributed by atoms with Crippen LogP contribution in [0.15, 0.2) is 102 Å². The molecule has 0 fully saturated rings. The highest BCUT2D eigenvalue weighted by Crippen LogP contribution is 2.50. The zero-order chi connectivity index (χ0) is 21.5. The van der Waals surface area contributed by atoms with Crippen molar-refractivity contribution in [2.45, 2.75) is 0 Å². The Balaban J connectivity index is 1.81. The molecule has 4 heteroatoms. The van der Waals surface area contributed by atoms with Gasteiger partial charge in [0.2, 0.25) is 0 Å². The molecule has 3 nitrogen and oxygen atoms in total. The second kappa shape index (κ2) is 6.21. The van der Waals surface area contributed by atoms with E-state index in [0.717, 1.165) is 38.8 Å². The van der Waals surface area contributed by atoms with Crippen LogP contribution < -0.4 is 0 Å². The van der Waals surface area contributed by atoms with Crippen molar-refractivity contribution in [3.05, 3.63) is 97.2 Å². The molecule has 0 amide bonds. The largest absolute Gasteiger partial charge is 0.454 e. The summed E-state index contributed by atoms with van der Waals surface area (Å²) in [4.78, 5) is 4.76. The molecule has 154 valence electrons. The van der Waals surface area contributed by atoms with Crippen LogP contribution in [-0.4, -0.2) is 9.55 Å². The average molecular weight is 441 g/mol. The van der Waals surface area contributed by atoms with Gasteiger partial charge in [0, 0.05) is 37.8 Å². The lowest BCUT2D eigenvalue weighted by Gasteiger charge is -2.07. The number of fused-ring (bicyclic) bond motifs is 12. The SMILES string of the molecule is c1ccc(-n2c3ccccc3c3c4c5ccccc5sc4c4oc5ccccc5c4c32)nc1. The van der Waals surface area contributed by atoms with Gasteiger partial charge in [-0.25, -0.2) is 4.98 Å². The van der Waals surface area contributed by atoms with E-state index in [0.29, 0.717) is 0 Å². The van der Waals surface area contributed by atoms with Gasteiger partial charge in [0.05, 0.1) is 21.1 Å². The summed E-state index contributed by atoms with van der Waals surface area (Å²) >= 11 is 1.82. The third-order valence-electron chi connectivity index (χ3n) is 6.64. The van der Waals surface area contributed by atoms with Crippen molar-refractivity contribution in [2.24, 2.45) is 0 Å². The number of para-hydroxylation sites is 2. The molecule has 0 unspecified atom stereocenters. The fraction of sp³-hybridized carbons (Fsp3) is 0. The number of thiophene rings is 1. The number of aromatic nitrogens is 2. The number of nitrogens with zero attached hydrogens (tertiary/aromatic N) is 2. The summed E-state index contributed by atoms with van der Waals surface area (Å²) in [6, 6.07) is 31.8. The molecule has 0 aliphatic heterocycles. The predicted molar refractivity (Wildman–Crippen MR) is 139 cm³/mol. The van der Waals surface area contributed by atoms with Gasteiger partial charge in [-0.1, -0.05) is 60.7 Å². The Labute approximate surface area is 192 Å². The van der Waals surface area contributed by atoms with Crippen molar-refractivity contribution in [1.82, 2.24) is 9.55 Å². The third-order valence-corrected chi connectivity index (χ3v) is 7.81. The second-order valence-electron chi connectivity index (χ2n) is 8.37. The number of furan rings is 1. The Hall–Kier alpha value is -4.15. The van der Waals surface area contributed by atoms with Gasteiger partial charge in [0.1, 0.15) is 11.4 Å². The quantitative estimate of drug-likeness (QED) is 0.256. The first-order chi connectivity index (χ1) is 16.4. The molecule has 0 N–H and O–H groups in total. The molecule has 0 saturated heterocycles. The van der Waals surface area contributed by atoms with Gasteiger partial charge in [-0.2, -0.15) is 0 Å². The highest BCUT2D eigenvalue weighted by atomic mass is 32.1. The summed E-state index contributed by atoms with van der Waals surface area (Å²) in [5.74, 6) is 0.911. The van der Waals surface area contributed by atoms with Gasteiger partial charge in [-0.3, -0.25) is 4.57 Å². The Morgan fingerprint density at radius 2 is 1.42 bits per heavy atom. The molecule has 0 radical (unpaired) electrons. The van der Waals surface area contributed by atoms with E-state index < -0.39 is 0 Å². The third kappa shape index (κ3) is 2.16. The second-order valence-corrected chi connectivity index (χ2v) is 9.42. The summed E-state index contributed by atoms with van der Waals surface area (Å²) in [6.07, 6.45) is 1.86. The average Bonchev–Trinajstić information content (AvgIpc) is 3.54. The molecule has 0 spiro atoms. The molecule has 8 rings (SSSR count). The summed E-state index contributed by atoms with van der Waals surface area (Å²) in [6.45, 7) is 0. The molecule has 0 saturated carbocycles. The maximum atomic E-state index is 6.57. The van der Waals surface area contributed by atoms with E-state index in [9.17, 15) is 0 Å². The zero-order valence-corrected chi connectivity index (χ0v) is 18.3. The van der Waals surface area contributed by atoms with Crippen LogP contribution in [0.4, 0.5) is 0 Å². The fourth-order valence-electron chi connectivity index (χ4n) is 5.35. The number of hydrogen-bond acceptors (Lipinski definition) is 3. The highest BCUT2D eigenvalue weighted by Gasteiger charge is 2.25. The number of rotatable bonds is 1. The molecule has 4 heterocycles. The van der Waals surface area contributed by atoms with Crippen LogP contribution in [0.25, 0.3) is 69.7 Å². The molecular weight excluding hydrogens is 424 g/mol. The van der Waals surface area contributed by atoms with Crippen molar-refractivity contribution >= 4 is 75.3 Å². The summed E-state index contributed by atoms with van der Waals surface area (Å²) in [7, 11) is 0. The minimum atomic E-state index is 0.911. The lowest BCUT2D eigenvalue weighted by atomic mass is 10.0. The molecule has 0 atom stereocenters. The fourth-order valence-corrected chi connectivity index (χ4v) is 6.54. The van der Waals surface area contributed by atoms with E-state index in [2.05, 4.69) is 77.4 Å². The van der Waals surface area contributed by atoms with E-state index in [4.69, 9.17) is 9.40 Å². The van der Waals surface area contributed by atoms with Crippen LogP contribution in [-0.2, 0) is 0 Å². The van der Waals surface area contributed by atoms with Gasteiger partial charge in [-0.05, 0) is 30.3 Å². The predicted octanol–water partition coefficient (Wildman–Crippen LogP) is 8.45. The van der Waals surface area contributed by atoms with E-state index in [1.807, 2.05) is 35.7 Å². The molecule has 4 aromatic carbocycles. The molecule has 8 aromatic rings. The molecule has 0 aliphatic rings. The molecule has 4 aromatic heterocycles. The maximum absolute atomic E-state index is 6.57. The number of pyridine rings is 1. The Bertz CT molecular complexity index is 2030. The van der Waals surface area contributed by atoms with Crippen LogP contribution in [0.1, 0.15) is 0 Å². The maximum Gasteiger partial charge on any atom is 0.155 e. The monoisotopic (exact) mass is 440 g/mol. The molecular formula is C29H16N2OS. The van der Waals surface area contributed by atoms with Crippen molar-refractivity contribution in [3.8, 4) is 5.82 Å². The van der Waals surface area contributed by atoms with E-state index in [1.165, 1.54) is 30.9 Å². The number of hydrogen-bond donors (Lipinski definition) is 0. The van der Waals surface area contributed by atoms with Gasteiger partial charge in [0.15, 0.2) is 5.58 Å². The van der Waals surface area contributed by atoms with Crippen LogP contribution in [0.3, 0.4) is 0 Å². The van der Waals surface area contributed by atoms with E-state index in [1.54, 1.807) is 0 Å². The molecule has 0 bridgehead atoms. The van der Waals surface area contributed by atoms with E-state index in [-0.39, 0.29) is 0 Å². The summed E-state index contributed by atoms with van der Waals surface area (Å²) in [5.41, 5.74) is 4.18. The molecule has 33 heavy (non-hydrogen) atoms. The van der Waals surface area contributed by atoms with Gasteiger partial charge >= 0.3 is 0 Å². The first kappa shape index (κ1) is 17.4. The van der Waals surface area contributed by atoms with Gasteiger partial charge < -0.3 is 4.42 Å². The molecule has 0 aliphatic carbocycles. The Kier molecular flexibility index (Phi) is 3.28. The summed E-state index contributed by atoms with van der Waals surface area (Å²) < 4.78 is 11.4. The van der Waals surface area contributed by atoms with Gasteiger partial charge in [0.25, 0.3) is 0 Å².